The Labute approximate surface area is 107 Å². The summed E-state index contributed by atoms with van der Waals surface area (Å²) in [5.74, 6) is 0.158. The summed E-state index contributed by atoms with van der Waals surface area (Å²) < 4.78 is 0. The third-order valence-corrected chi connectivity index (χ3v) is 4.29. The maximum Gasteiger partial charge on any atom is 0.159 e. The number of carbonyl (C=O) groups excluding carboxylic acids is 1. The van der Waals surface area contributed by atoms with Crippen molar-refractivity contribution in [1.82, 2.24) is 0 Å². The molecule has 0 heterocycles. The molecule has 1 aromatic carbocycles. The van der Waals surface area contributed by atoms with Gasteiger partial charge >= 0.3 is 0 Å². The number of halogens is 1. The molecule has 0 spiro atoms. The summed E-state index contributed by atoms with van der Waals surface area (Å²) in [5, 5.41) is 0.741. The zero-order chi connectivity index (χ0) is 12.6. The van der Waals surface area contributed by atoms with Gasteiger partial charge in [0.2, 0.25) is 0 Å². The Balaban J connectivity index is 2.43. The van der Waals surface area contributed by atoms with Gasteiger partial charge in [-0.2, -0.15) is 0 Å². The predicted molar refractivity (Wildman–Crippen MR) is 70.4 cm³/mol. The fourth-order valence-electron chi connectivity index (χ4n) is 2.61. The lowest BCUT2D eigenvalue weighted by molar-refractivity contribution is -0.127. The number of carbonyl (C=O) groups is 1. The van der Waals surface area contributed by atoms with E-state index in [0.29, 0.717) is 0 Å². The van der Waals surface area contributed by atoms with Crippen LogP contribution in [-0.4, -0.2) is 11.8 Å². The van der Waals surface area contributed by atoms with Gasteiger partial charge in [0.15, 0.2) is 5.78 Å². The number of hydrogen-bond acceptors (Lipinski definition) is 2. The maximum absolute atomic E-state index is 12.3. The molecule has 2 rings (SSSR count). The van der Waals surface area contributed by atoms with Gasteiger partial charge in [0.1, 0.15) is 0 Å². The number of rotatable bonds is 1. The molecule has 0 saturated heterocycles. The zero-order valence-electron chi connectivity index (χ0n) is 10.3. The molecule has 2 unspecified atom stereocenters. The Morgan fingerprint density at radius 3 is 2.82 bits per heavy atom. The van der Waals surface area contributed by atoms with E-state index in [-0.39, 0.29) is 11.8 Å². The van der Waals surface area contributed by atoms with E-state index in [2.05, 4.69) is 0 Å². The highest BCUT2D eigenvalue weighted by Crippen LogP contribution is 2.37. The molecule has 1 fully saturated rings. The van der Waals surface area contributed by atoms with E-state index in [1.54, 1.807) is 0 Å². The van der Waals surface area contributed by atoms with Crippen LogP contribution in [0.25, 0.3) is 0 Å². The molecular weight excluding hydrogens is 234 g/mol. The first-order valence-corrected chi connectivity index (χ1v) is 6.39. The third kappa shape index (κ3) is 2.12. The van der Waals surface area contributed by atoms with Crippen molar-refractivity contribution < 1.29 is 4.79 Å². The molecule has 0 amide bonds. The summed E-state index contributed by atoms with van der Waals surface area (Å²) in [4.78, 5) is 12.3. The largest absolute Gasteiger partial charge is 0.321 e. The van der Waals surface area contributed by atoms with Crippen molar-refractivity contribution in [2.45, 2.75) is 44.6 Å². The van der Waals surface area contributed by atoms with Crippen LogP contribution in [0, 0.1) is 6.92 Å². The fraction of sp³-hybridized carbons (Fsp3) is 0.500. The Kier molecular flexibility index (Phi) is 3.28. The van der Waals surface area contributed by atoms with Crippen LogP contribution in [0.3, 0.4) is 0 Å². The maximum atomic E-state index is 12.3. The van der Waals surface area contributed by atoms with E-state index in [1.807, 2.05) is 32.0 Å². The Hall–Kier alpha value is -0.860. The molecule has 0 bridgehead atoms. The van der Waals surface area contributed by atoms with E-state index in [0.717, 1.165) is 35.4 Å². The van der Waals surface area contributed by atoms with Crippen LogP contribution in [0.15, 0.2) is 18.2 Å². The van der Waals surface area contributed by atoms with E-state index in [9.17, 15) is 4.79 Å². The lowest BCUT2D eigenvalue weighted by Crippen LogP contribution is -2.48. The Bertz CT molecular complexity index is 458. The van der Waals surface area contributed by atoms with Crippen LogP contribution < -0.4 is 5.73 Å². The van der Waals surface area contributed by atoms with Crippen molar-refractivity contribution in [3.05, 3.63) is 34.3 Å². The molecule has 2 atom stereocenters. The molecule has 1 aliphatic rings. The summed E-state index contributed by atoms with van der Waals surface area (Å²) in [5.41, 5.74) is 7.50. The minimum absolute atomic E-state index is 0.158. The van der Waals surface area contributed by atoms with E-state index in [1.165, 1.54) is 0 Å². The van der Waals surface area contributed by atoms with E-state index < -0.39 is 5.41 Å². The molecule has 1 saturated carbocycles. The van der Waals surface area contributed by atoms with Gasteiger partial charge < -0.3 is 5.73 Å². The van der Waals surface area contributed by atoms with Gasteiger partial charge in [-0.3, -0.25) is 4.79 Å². The number of hydrogen-bond donors (Lipinski definition) is 1. The summed E-state index contributed by atoms with van der Waals surface area (Å²) in [6.45, 7) is 3.96. The molecule has 3 heteroatoms. The van der Waals surface area contributed by atoms with E-state index >= 15 is 0 Å². The van der Waals surface area contributed by atoms with Crippen LogP contribution in [0.1, 0.15) is 37.3 Å². The molecule has 0 aliphatic heterocycles. The van der Waals surface area contributed by atoms with Crippen molar-refractivity contribution in [3.8, 4) is 0 Å². The summed E-state index contributed by atoms with van der Waals surface area (Å²) in [6.07, 6.45) is 2.69. The number of Topliss-reactive ketones (excluding diaryl/α,β-unsaturated/α-hetero) is 1. The van der Waals surface area contributed by atoms with Gasteiger partial charge in [-0.15, -0.1) is 0 Å². The van der Waals surface area contributed by atoms with Gasteiger partial charge in [-0.05, 0) is 43.9 Å². The molecule has 2 N–H and O–H groups in total. The fourth-order valence-corrected chi connectivity index (χ4v) is 2.73. The van der Waals surface area contributed by atoms with Gasteiger partial charge in [0.25, 0.3) is 0 Å². The summed E-state index contributed by atoms with van der Waals surface area (Å²) >= 11 is 6.02. The molecule has 1 aliphatic carbocycles. The average molecular weight is 252 g/mol. The first-order chi connectivity index (χ1) is 7.95. The van der Waals surface area contributed by atoms with Gasteiger partial charge in [-0.1, -0.05) is 30.2 Å². The monoisotopic (exact) mass is 251 g/mol. The smallest absolute Gasteiger partial charge is 0.159 e. The van der Waals surface area contributed by atoms with Gasteiger partial charge in [0.05, 0.1) is 11.5 Å². The highest BCUT2D eigenvalue weighted by atomic mass is 35.5. The lowest BCUT2D eigenvalue weighted by Gasteiger charge is -2.35. The van der Waals surface area contributed by atoms with Crippen molar-refractivity contribution in [1.29, 1.82) is 0 Å². The minimum Gasteiger partial charge on any atom is -0.321 e. The third-order valence-electron chi connectivity index (χ3n) is 3.87. The predicted octanol–water partition coefficient (Wildman–Crippen LogP) is 2.99. The lowest BCUT2D eigenvalue weighted by atomic mass is 9.68. The Morgan fingerprint density at radius 2 is 2.18 bits per heavy atom. The second-order valence-electron chi connectivity index (χ2n) is 5.16. The topological polar surface area (TPSA) is 43.1 Å². The van der Waals surface area contributed by atoms with Crippen LogP contribution >= 0.6 is 11.6 Å². The number of ketones is 1. The van der Waals surface area contributed by atoms with Crippen molar-refractivity contribution in [2.75, 3.05) is 0 Å². The number of nitrogens with two attached hydrogens (primary N) is 1. The number of aryl methyl sites for hydroxylation is 1. The van der Waals surface area contributed by atoms with Crippen molar-refractivity contribution in [2.24, 2.45) is 5.73 Å². The van der Waals surface area contributed by atoms with Crippen molar-refractivity contribution in [3.63, 3.8) is 0 Å². The molecular formula is C14H18ClNO. The molecule has 2 nitrogen and oxygen atoms in total. The summed E-state index contributed by atoms with van der Waals surface area (Å²) in [7, 11) is 0. The van der Waals surface area contributed by atoms with Crippen LogP contribution in [0.2, 0.25) is 5.02 Å². The zero-order valence-corrected chi connectivity index (χ0v) is 11.1. The Morgan fingerprint density at radius 1 is 1.47 bits per heavy atom. The molecule has 17 heavy (non-hydrogen) atoms. The highest BCUT2D eigenvalue weighted by Gasteiger charge is 2.40. The first-order valence-electron chi connectivity index (χ1n) is 6.01. The molecule has 0 aromatic heterocycles. The molecule has 92 valence electrons. The normalized spacial score (nSPS) is 29.4. The van der Waals surface area contributed by atoms with Crippen LogP contribution in [-0.2, 0) is 10.2 Å². The quantitative estimate of drug-likeness (QED) is 0.834. The SMILES string of the molecule is Cc1cc(C2(C)CCCC(N)C2=O)ccc1Cl. The van der Waals surface area contributed by atoms with Crippen molar-refractivity contribution >= 4 is 17.4 Å². The standard InChI is InChI=1S/C14H18ClNO/c1-9-8-10(5-6-11(9)15)14(2)7-3-4-12(16)13(14)17/h5-6,8,12H,3-4,7,16H2,1-2H3. The van der Waals surface area contributed by atoms with E-state index in [4.69, 9.17) is 17.3 Å². The molecule has 1 aromatic rings. The minimum atomic E-state index is -0.437. The number of benzene rings is 1. The highest BCUT2D eigenvalue weighted by molar-refractivity contribution is 6.31. The van der Waals surface area contributed by atoms with Gasteiger partial charge in [-0.25, -0.2) is 0 Å². The van der Waals surface area contributed by atoms with Crippen LogP contribution in [0.4, 0.5) is 0 Å². The second kappa shape index (κ2) is 4.43. The molecule has 0 radical (unpaired) electrons. The van der Waals surface area contributed by atoms with Gasteiger partial charge in [0, 0.05) is 5.02 Å². The summed E-state index contributed by atoms with van der Waals surface area (Å²) in [6, 6.07) is 5.51. The second-order valence-corrected chi connectivity index (χ2v) is 5.57. The average Bonchev–Trinajstić information content (AvgIpc) is 2.29. The first kappa shape index (κ1) is 12.6. The van der Waals surface area contributed by atoms with Crippen LogP contribution in [0.5, 0.6) is 0 Å².